The van der Waals surface area contributed by atoms with Gasteiger partial charge in [0.1, 0.15) is 17.9 Å². The first-order valence-electron chi connectivity index (χ1n) is 4.29. The van der Waals surface area contributed by atoms with Crippen molar-refractivity contribution in [2.24, 2.45) is 0 Å². The van der Waals surface area contributed by atoms with Gasteiger partial charge in [-0.3, -0.25) is 0 Å². The Bertz CT molecular complexity index is 339. The molecule has 1 aromatic carbocycles. The molecule has 5 heteroatoms. The molecule has 0 fully saturated rings. The first-order chi connectivity index (χ1) is 7.11. The predicted octanol–water partition coefficient (Wildman–Crippen LogP) is 2.56. The highest BCUT2D eigenvalue weighted by atomic mass is 19.3. The van der Waals surface area contributed by atoms with E-state index in [4.69, 9.17) is 0 Å². The van der Waals surface area contributed by atoms with E-state index in [0.29, 0.717) is 18.3 Å². The Hall–Kier alpha value is -1.52. The number of rotatable bonds is 5. The normalized spacial score (nSPS) is 10.4. The number of hydrogen-bond donors (Lipinski definition) is 0. The fourth-order valence-corrected chi connectivity index (χ4v) is 1.16. The van der Waals surface area contributed by atoms with Crippen LogP contribution in [0.25, 0.3) is 0 Å². The molecule has 0 aliphatic heterocycles. The minimum atomic E-state index is -2.98. The number of carbonyl (C=O) groups is 1. The maximum absolute atomic E-state index is 12.9. The molecule has 0 saturated carbocycles. The van der Waals surface area contributed by atoms with E-state index in [0.717, 1.165) is 6.07 Å². The maximum Gasteiger partial charge on any atom is 0.387 e. The summed E-state index contributed by atoms with van der Waals surface area (Å²) in [5.74, 6) is -0.889. The molecule has 0 heterocycles. The molecule has 0 atom stereocenters. The number of alkyl halides is 2. The van der Waals surface area contributed by atoms with Crippen LogP contribution < -0.4 is 4.74 Å². The number of hydrogen-bond acceptors (Lipinski definition) is 2. The number of benzene rings is 1. The third kappa shape index (κ3) is 4.01. The van der Waals surface area contributed by atoms with Crippen LogP contribution in [0.2, 0.25) is 0 Å². The van der Waals surface area contributed by atoms with Crippen LogP contribution in [-0.2, 0) is 11.2 Å². The molecule has 0 aliphatic rings. The SMILES string of the molecule is O=CCCc1cc(F)cc(OC(F)F)c1. The Kier molecular flexibility index (Phi) is 4.15. The van der Waals surface area contributed by atoms with Crippen LogP contribution in [0.5, 0.6) is 5.75 Å². The summed E-state index contributed by atoms with van der Waals surface area (Å²) in [5.41, 5.74) is 0.456. The van der Waals surface area contributed by atoms with Gasteiger partial charge in [0.2, 0.25) is 0 Å². The van der Waals surface area contributed by atoms with Crippen molar-refractivity contribution in [3.05, 3.63) is 29.6 Å². The van der Waals surface area contributed by atoms with E-state index < -0.39 is 12.4 Å². The zero-order valence-electron chi connectivity index (χ0n) is 7.75. The van der Waals surface area contributed by atoms with Gasteiger partial charge in [-0.15, -0.1) is 0 Å². The molecule has 0 unspecified atom stereocenters. The van der Waals surface area contributed by atoms with Crippen LogP contribution in [0.15, 0.2) is 18.2 Å². The lowest BCUT2D eigenvalue weighted by Gasteiger charge is -2.06. The lowest BCUT2D eigenvalue weighted by Crippen LogP contribution is -2.02. The number of aldehydes is 1. The van der Waals surface area contributed by atoms with E-state index in [2.05, 4.69) is 4.74 Å². The second-order valence-corrected chi connectivity index (χ2v) is 2.88. The van der Waals surface area contributed by atoms with Gasteiger partial charge in [-0.25, -0.2) is 4.39 Å². The molecule has 0 aliphatic carbocycles. The lowest BCUT2D eigenvalue weighted by atomic mass is 10.1. The number of aryl methyl sites for hydroxylation is 1. The fourth-order valence-electron chi connectivity index (χ4n) is 1.16. The summed E-state index contributed by atoms with van der Waals surface area (Å²) in [4.78, 5) is 10.1. The van der Waals surface area contributed by atoms with Crippen molar-refractivity contribution < 1.29 is 22.7 Å². The summed E-state index contributed by atoms with van der Waals surface area (Å²) in [6.07, 6.45) is 1.21. The minimum absolute atomic E-state index is 0.220. The average molecular weight is 218 g/mol. The summed E-state index contributed by atoms with van der Waals surface area (Å²) in [6, 6.07) is 3.34. The van der Waals surface area contributed by atoms with Gasteiger partial charge in [-0.05, 0) is 24.1 Å². The molecule has 82 valence electrons. The standard InChI is InChI=1S/C10H9F3O2/c11-8-4-7(2-1-3-14)5-9(6-8)15-10(12)13/h3-6,10H,1-2H2. The molecule has 0 radical (unpaired) electrons. The highest BCUT2D eigenvalue weighted by molar-refractivity contribution is 5.50. The molecule has 2 nitrogen and oxygen atoms in total. The van der Waals surface area contributed by atoms with Crippen molar-refractivity contribution in [3.8, 4) is 5.75 Å². The highest BCUT2D eigenvalue weighted by Crippen LogP contribution is 2.19. The van der Waals surface area contributed by atoms with Crippen molar-refractivity contribution in [3.63, 3.8) is 0 Å². The van der Waals surface area contributed by atoms with E-state index in [1.165, 1.54) is 12.1 Å². The quantitative estimate of drug-likeness (QED) is 0.710. The molecular weight excluding hydrogens is 209 g/mol. The Morgan fingerprint density at radius 3 is 2.67 bits per heavy atom. The van der Waals surface area contributed by atoms with Gasteiger partial charge in [0.25, 0.3) is 0 Å². The molecule has 1 aromatic rings. The largest absolute Gasteiger partial charge is 0.435 e. The third-order valence-corrected chi connectivity index (χ3v) is 1.71. The molecule has 0 amide bonds. The summed E-state index contributed by atoms with van der Waals surface area (Å²) in [6.45, 7) is -2.98. The summed E-state index contributed by atoms with van der Waals surface area (Å²) in [7, 11) is 0. The Morgan fingerprint density at radius 2 is 2.07 bits per heavy atom. The zero-order chi connectivity index (χ0) is 11.3. The van der Waals surface area contributed by atoms with Crippen molar-refractivity contribution in [1.82, 2.24) is 0 Å². The Balaban J connectivity index is 2.79. The molecule has 1 rings (SSSR count). The van der Waals surface area contributed by atoms with Crippen molar-refractivity contribution in [2.45, 2.75) is 19.5 Å². The molecule has 0 spiro atoms. The van der Waals surface area contributed by atoms with Gasteiger partial charge >= 0.3 is 6.61 Å². The Morgan fingerprint density at radius 1 is 1.33 bits per heavy atom. The van der Waals surface area contributed by atoms with E-state index >= 15 is 0 Å². The maximum atomic E-state index is 12.9. The van der Waals surface area contributed by atoms with Gasteiger partial charge < -0.3 is 9.53 Å². The third-order valence-electron chi connectivity index (χ3n) is 1.71. The van der Waals surface area contributed by atoms with Crippen molar-refractivity contribution in [2.75, 3.05) is 0 Å². The smallest absolute Gasteiger partial charge is 0.387 e. The first kappa shape index (κ1) is 11.6. The van der Waals surface area contributed by atoms with Crippen LogP contribution in [0.1, 0.15) is 12.0 Å². The number of halogens is 3. The van der Waals surface area contributed by atoms with E-state index in [9.17, 15) is 18.0 Å². The van der Waals surface area contributed by atoms with Gasteiger partial charge in [0.15, 0.2) is 0 Å². The zero-order valence-corrected chi connectivity index (χ0v) is 7.75. The average Bonchev–Trinajstić information content (AvgIpc) is 2.12. The van der Waals surface area contributed by atoms with Crippen molar-refractivity contribution in [1.29, 1.82) is 0 Å². The second-order valence-electron chi connectivity index (χ2n) is 2.88. The van der Waals surface area contributed by atoms with E-state index in [1.807, 2.05) is 0 Å². The summed E-state index contributed by atoms with van der Waals surface area (Å²) < 4.78 is 40.6. The second kappa shape index (κ2) is 5.38. The van der Waals surface area contributed by atoms with E-state index in [-0.39, 0.29) is 12.2 Å². The van der Waals surface area contributed by atoms with Crippen LogP contribution in [0, 0.1) is 5.82 Å². The molecule has 0 N–H and O–H groups in total. The highest BCUT2D eigenvalue weighted by Gasteiger charge is 2.07. The summed E-state index contributed by atoms with van der Waals surface area (Å²) >= 11 is 0. The number of carbonyl (C=O) groups excluding carboxylic acids is 1. The van der Waals surface area contributed by atoms with Crippen LogP contribution >= 0.6 is 0 Å². The molecule has 0 aromatic heterocycles. The Labute approximate surface area is 84.7 Å². The fraction of sp³-hybridized carbons (Fsp3) is 0.300. The molecule has 0 saturated heterocycles. The van der Waals surface area contributed by atoms with Crippen LogP contribution in [0.3, 0.4) is 0 Å². The van der Waals surface area contributed by atoms with Gasteiger partial charge in [-0.2, -0.15) is 8.78 Å². The first-order valence-corrected chi connectivity index (χ1v) is 4.29. The summed E-state index contributed by atoms with van der Waals surface area (Å²) in [5, 5.41) is 0. The van der Waals surface area contributed by atoms with Gasteiger partial charge in [0.05, 0.1) is 0 Å². The molecule has 15 heavy (non-hydrogen) atoms. The molecular formula is C10H9F3O2. The van der Waals surface area contributed by atoms with E-state index in [1.54, 1.807) is 0 Å². The minimum Gasteiger partial charge on any atom is -0.435 e. The van der Waals surface area contributed by atoms with Gasteiger partial charge in [-0.1, -0.05) is 0 Å². The molecule has 0 bridgehead atoms. The lowest BCUT2D eigenvalue weighted by molar-refractivity contribution is -0.107. The predicted molar refractivity (Wildman–Crippen MR) is 47.4 cm³/mol. The number of ether oxygens (including phenoxy) is 1. The van der Waals surface area contributed by atoms with Crippen molar-refractivity contribution >= 4 is 6.29 Å². The van der Waals surface area contributed by atoms with Crippen LogP contribution in [0.4, 0.5) is 13.2 Å². The van der Waals surface area contributed by atoms with Crippen LogP contribution in [-0.4, -0.2) is 12.9 Å². The topological polar surface area (TPSA) is 26.3 Å². The monoisotopic (exact) mass is 218 g/mol. The van der Waals surface area contributed by atoms with Gasteiger partial charge in [0, 0.05) is 12.5 Å².